The van der Waals surface area contributed by atoms with Crippen molar-refractivity contribution in [3.63, 3.8) is 0 Å². The second-order valence-electron chi connectivity index (χ2n) is 12.5. The van der Waals surface area contributed by atoms with Crippen LogP contribution in [0.1, 0.15) is 0 Å². The van der Waals surface area contributed by atoms with E-state index in [1.165, 1.54) is 0 Å². The zero-order valence-electron chi connectivity index (χ0n) is 33.2. The Balaban J connectivity index is -0.000000170. The van der Waals surface area contributed by atoms with Crippen LogP contribution >= 0.6 is 0 Å². The van der Waals surface area contributed by atoms with Crippen molar-refractivity contribution in [1.82, 2.24) is 0 Å². The summed E-state index contributed by atoms with van der Waals surface area (Å²) in [6, 6.07) is 0. The van der Waals surface area contributed by atoms with Gasteiger partial charge in [0.1, 0.15) is 122 Å². The molecule has 0 rings (SSSR count). The van der Waals surface area contributed by atoms with E-state index in [-0.39, 0.29) is 20.1 Å². The topological polar surface area (TPSA) is 706 Å². The van der Waals surface area contributed by atoms with Gasteiger partial charge >= 0.3 is 20.1 Å². The molecule has 36 heteroatoms. The minimum absolute atomic E-state index is 0. The molecule has 0 aromatic heterocycles. The number of hydrogen-bond donors (Lipinski definition) is 25. The number of carboxylic acids is 5. The van der Waals surface area contributed by atoms with Gasteiger partial charge in [0.25, 0.3) is 0 Å². The van der Waals surface area contributed by atoms with E-state index in [2.05, 4.69) is 0 Å². The van der Waals surface area contributed by atoms with Crippen LogP contribution in [0.2, 0.25) is 0 Å². The molecule has 0 aliphatic heterocycles. The average molecular weight is 1070 g/mol. The van der Waals surface area contributed by atoms with Crippen LogP contribution in [0.3, 0.4) is 0 Å². The third-order valence-electron chi connectivity index (χ3n) is 7.48. The molecule has 392 valence electrons. The van der Waals surface area contributed by atoms with Gasteiger partial charge in [-0.05, 0) is 0 Å². The number of carbonyl (C=O) groups excluding carboxylic acids is 5. The van der Waals surface area contributed by atoms with Crippen molar-refractivity contribution in [2.24, 2.45) is 0 Å². The van der Waals surface area contributed by atoms with E-state index in [0.29, 0.717) is 0 Å². The van der Waals surface area contributed by atoms with Gasteiger partial charge in [0.05, 0.1) is 62.9 Å². The quantitative estimate of drug-likeness (QED) is 0.0404. The van der Waals surface area contributed by atoms with Crippen LogP contribution < -0.4 is 25.5 Å². The van der Waals surface area contributed by atoms with E-state index < -0.39 is 185 Å². The molecule has 35 nitrogen and oxygen atoms in total. The van der Waals surface area contributed by atoms with E-state index in [0.717, 1.165) is 0 Å². The summed E-state index contributed by atoms with van der Waals surface area (Å²) < 4.78 is 0. The predicted molar refractivity (Wildman–Crippen MR) is 181 cm³/mol. The van der Waals surface area contributed by atoms with Crippen LogP contribution in [0.4, 0.5) is 0 Å². The Morgan fingerprint density at radius 1 is 0.242 bits per heavy atom. The SMILES string of the molecule is O=C([O-])C(O)C(O)C(O)C(O)CO.O=C([O-])C(O)C(O)C(O)C(O)CO.O=C([O-])C(O)C(O)C(O)C(O)CO.O=C([O-])C(O)C(O)C(O)C(O)CO.O=C([O-])C(O)C(O)C(O)C(O)CO.[Tc+5]. The number of hydrogen-bond acceptors (Lipinski definition) is 35. The van der Waals surface area contributed by atoms with Crippen LogP contribution in [0.15, 0.2) is 0 Å². The van der Waals surface area contributed by atoms with E-state index in [1.54, 1.807) is 0 Å². The smallest absolute Gasteiger partial charge is 0.547 e. The summed E-state index contributed by atoms with van der Waals surface area (Å²) in [5, 5.41) is 267. The number of rotatable bonds is 25. The maximum Gasteiger partial charge on any atom is 5.00 e. The molecular formula is C30H55O35Tc. The minimum Gasteiger partial charge on any atom is -0.547 e. The first-order valence-electron chi connectivity index (χ1n) is 17.3. The van der Waals surface area contributed by atoms with Gasteiger partial charge in [0, 0.05) is 0 Å². The molecule has 66 heavy (non-hydrogen) atoms. The van der Waals surface area contributed by atoms with Crippen molar-refractivity contribution < 1.29 is 197 Å². The van der Waals surface area contributed by atoms with E-state index >= 15 is 0 Å². The molecule has 0 saturated heterocycles. The van der Waals surface area contributed by atoms with Gasteiger partial charge in [-0.15, -0.1) is 0 Å². The molecular weight excluding hydrogens is 1020 g/mol. The fraction of sp³-hybridized carbons (Fsp3) is 0.833. The van der Waals surface area contributed by atoms with Crippen LogP contribution in [0, 0.1) is 0 Å². The van der Waals surface area contributed by atoms with Gasteiger partial charge in [-0.2, -0.15) is 0 Å². The molecule has 25 N–H and O–H groups in total. The van der Waals surface area contributed by atoms with Crippen LogP contribution in [0.5, 0.6) is 0 Å². The van der Waals surface area contributed by atoms with Crippen molar-refractivity contribution in [3.8, 4) is 0 Å². The molecule has 0 bridgehead atoms. The fourth-order valence-corrected chi connectivity index (χ4v) is 3.31. The maximum absolute atomic E-state index is 9.98. The van der Waals surface area contributed by atoms with Gasteiger partial charge < -0.3 is 177 Å². The summed E-state index contributed by atoms with van der Waals surface area (Å²) in [6.45, 7) is -4.32. The van der Waals surface area contributed by atoms with Gasteiger partial charge in [0.2, 0.25) is 0 Å². The van der Waals surface area contributed by atoms with Crippen molar-refractivity contribution in [1.29, 1.82) is 0 Å². The Labute approximate surface area is 381 Å². The maximum atomic E-state index is 9.98. The van der Waals surface area contributed by atoms with Gasteiger partial charge in [0.15, 0.2) is 0 Å². The van der Waals surface area contributed by atoms with E-state index in [1.807, 2.05) is 0 Å². The Kier molecular flexibility index (Phi) is 43.9. The van der Waals surface area contributed by atoms with E-state index in [9.17, 15) is 49.5 Å². The second-order valence-corrected chi connectivity index (χ2v) is 12.5. The van der Waals surface area contributed by atoms with Gasteiger partial charge in [-0.25, -0.2) is 0 Å². The normalized spacial score (nSPS) is 20.1. The van der Waals surface area contributed by atoms with Crippen molar-refractivity contribution in [3.05, 3.63) is 0 Å². The van der Waals surface area contributed by atoms with E-state index in [4.69, 9.17) is 128 Å². The Morgan fingerprint density at radius 3 is 0.394 bits per heavy atom. The molecule has 0 fully saturated rings. The number of aliphatic carboxylic acids is 5. The Hall–Kier alpha value is -3.00. The molecule has 0 aromatic carbocycles. The third kappa shape index (κ3) is 29.0. The van der Waals surface area contributed by atoms with Crippen LogP contribution in [-0.4, -0.2) is 313 Å². The van der Waals surface area contributed by atoms with Crippen LogP contribution in [-0.2, 0) is 44.1 Å². The summed E-state index contributed by atoms with van der Waals surface area (Å²) in [4.78, 5) is 49.9. The first kappa shape index (κ1) is 74.5. The van der Waals surface area contributed by atoms with Crippen molar-refractivity contribution in [2.45, 2.75) is 122 Å². The standard InChI is InChI=1S/5C6H12O7.Tc/c5*7-1-2(8)3(9)4(10)5(11)6(12)13;/h5*2-5,7-11H,1H2,(H,12,13);/q;;;;;+5/p-5. The van der Waals surface area contributed by atoms with Crippen LogP contribution in [0.25, 0.3) is 0 Å². The third-order valence-corrected chi connectivity index (χ3v) is 7.48. The molecule has 0 spiro atoms. The zero-order chi connectivity index (χ0) is 53.0. The second kappa shape index (κ2) is 38.9. The minimum atomic E-state index is -2.31. The molecule has 20 unspecified atom stereocenters. The molecule has 0 saturated carbocycles. The number of aliphatic hydroxyl groups is 25. The molecule has 20 atom stereocenters. The Morgan fingerprint density at radius 2 is 0.333 bits per heavy atom. The molecule has 0 heterocycles. The van der Waals surface area contributed by atoms with Gasteiger partial charge in [-0.3, -0.25) is 0 Å². The molecule has 0 aromatic rings. The summed E-state index contributed by atoms with van der Waals surface area (Å²) in [6.07, 6.45) is -40.4. The molecule has 0 aliphatic rings. The largest absolute Gasteiger partial charge is 5.00 e. The molecule has 0 amide bonds. The van der Waals surface area contributed by atoms with Crippen molar-refractivity contribution in [2.75, 3.05) is 33.0 Å². The zero-order valence-corrected chi connectivity index (χ0v) is 35.1. The number of carboxylic acid groups (broad SMARTS) is 5. The molecule has 0 aliphatic carbocycles. The number of carbonyl (C=O) groups is 5. The Bertz CT molecular complexity index is 1080. The van der Waals surface area contributed by atoms with Crippen molar-refractivity contribution >= 4 is 29.8 Å². The summed E-state index contributed by atoms with van der Waals surface area (Å²) >= 11 is 0. The molecule has 0 radical (unpaired) electrons. The number of aliphatic hydroxyl groups excluding tert-OH is 25. The first-order chi connectivity index (χ1) is 29.6. The fourth-order valence-electron chi connectivity index (χ4n) is 3.31. The monoisotopic (exact) mass is 1070 g/mol. The van der Waals surface area contributed by atoms with Gasteiger partial charge in [-0.1, -0.05) is 0 Å². The first-order valence-corrected chi connectivity index (χ1v) is 17.3. The summed E-state index contributed by atoms with van der Waals surface area (Å²) in [7, 11) is 0. The summed E-state index contributed by atoms with van der Waals surface area (Å²) in [5.41, 5.74) is 0. The predicted octanol–water partition coefficient (Wildman–Crippen LogP) is -24.1. The average Bonchev–Trinajstić information content (AvgIpc) is 3.28. The summed E-state index contributed by atoms with van der Waals surface area (Å²) in [5.74, 6) is -9.88.